The SMILES string of the molecule is Cc1cc2c(N3CCN(c4ccc(NC(=O)C5CC5)nc4)CC3)nccn2n1. The second-order valence-corrected chi connectivity index (χ2v) is 7.51. The van der Waals surface area contributed by atoms with Gasteiger partial charge in [0.15, 0.2) is 5.82 Å². The summed E-state index contributed by atoms with van der Waals surface area (Å²) in [6, 6.07) is 6.00. The van der Waals surface area contributed by atoms with Crippen molar-refractivity contribution in [2.45, 2.75) is 19.8 Å². The number of nitrogens with one attached hydrogen (secondary N) is 1. The van der Waals surface area contributed by atoms with Gasteiger partial charge in [0.25, 0.3) is 0 Å². The van der Waals surface area contributed by atoms with Crippen LogP contribution in [-0.4, -0.2) is 51.7 Å². The van der Waals surface area contributed by atoms with Crippen LogP contribution in [0.2, 0.25) is 0 Å². The van der Waals surface area contributed by atoms with Crippen LogP contribution in [0.3, 0.4) is 0 Å². The van der Waals surface area contributed by atoms with E-state index in [1.54, 1.807) is 6.20 Å². The van der Waals surface area contributed by atoms with Crippen molar-refractivity contribution >= 4 is 28.7 Å². The molecule has 0 radical (unpaired) electrons. The molecule has 0 bridgehead atoms. The summed E-state index contributed by atoms with van der Waals surface area (Å²) in [4.78, 5) is 25.5. The van der Waals surface area contributed by atoms with Gasteiger partial charge in [0.1, 0.15) is 11.3 Å². The van der Waals surface area contributed by atoms with E-state index in [1.165, 1.54) is 0 Å². The molecule has 28 heavy (non-hydrogen) atoms. The van der Waals surface area contributed by atoms with Crippen molar-refractivity contribution in [2.75, 3.05) is 41.3 Å². The van der Waals surface area contributed by atoms with Crippen molar-refractivity contribution in [1.82, 2.24) is 19.6 Å². The van der Waals surface area contributed by atoms with Gasteiger partial charge in [-0.05, 0) is 38.0 Å². The number of carbonyl (C=O) groups is 1. The van der Waals surface area contributed by atoms with E-state index in [1.807, 2.05) is 36.0 Å². The van der Waals surface area contributed by atoms with Crippen LogP contribution in [-0.2, 0) is 4.79 Å². The van der Waals surface area contributed by atoms with Crippen LogP contribution in [0.4, 0.5) is 17.3 Å². The number of fused-ring (bicyclic) bond motifs is 1. The molecule has 0 unspecified atom stereocenters. The average Bonchev–Trinajstić information content (AvgIpc) is 3.49. The van der Waals surface area contributed by atoms with Gasteiger partial charge in [0, 0.05) is 44.5 Å². The first-order valence-electron chi connectivity index (χ1n) is 9.75. The Bertz CT molecular complexity index is 1000. The fraction of sp³-hybridized carbons (Fsp3) is 0.400. The maximum absolute atomic E-state index is 11.8. The smallest absolute Gasteiger partial charge is 0.228 e. The van der Waals surface area contributed by atoms with Crippen molar-refractivity contribution in [1.29, 1.82) is 0 Å². The molecule has 1 aliphatic heterocycles. The van der Waals surface area contributed by atoms with Crippen LogP contribution in [0.5, 0.6) is 0 Å². The van der Waals surface area contributed by atoms with Gasteiger partial charge in [-0.15, -0.1) is 0 Å². The number of pyridine rings is 1. The molecule has 1 N–H and O–H groups in total. The molecule has 144 valence electrons. The largest absolute Gasteiger partial charge is 0.367 e. The molecule has 2 fully saturated rings. The number of hydrogen-bond acceptors (Lipinski definition) is 6. The van der Waals surface area contributed by atoms with Crippen LogP contribution in [0.25, 0.3) is 5.52 Å². The fourth-order valence-electron chi connectivity index (χ4n) is 3.67. The van der Waals surface area contributed by atoms with Crippen LogP contribution in [0, 0.1) is 12.8 Å². The molecule has 3 aromatic heterocycles. The Morgan fingerprint density at radius 2 is 1.89 bits per heavy atom. The average molecular weight is 377 g/mol. The van der Waals surface area contributed by atoms with Gasteiger partial charge in [-0.2, -0.15) is 5.10 Å². The first-order chi connectivity index (χ1) is 13.7. The third-order valence-electron chi connectivity index (χ3n) is 5.38. The van der Waals surface area contributed by atoms with E-state index in [2.05, 4.69) is 36.2 Å². The molecule has 5 rings (SSSR count). The highest BCUT2D eigenvalue weighted by Crippen LogP contribution is 2.30. The summed E-state index contributed by atoms with van der Waals surface area (Å²) in [5.41, 5.74) is 3.12. The second kappa shape index (κ2) is 6.78. The molecule has 0 atom stereocenters. The number of rotatable bonds is 4. The summed E-state index contributed by atoms with van der Waals surface area (Å²) in [6.45, 7) is 5.56. The van der Waals surface area contributed by atoms with E-state index in [-0.39, 0.29) is 11.8 Å². The molecule has 0 spiro atoms. The lowest BCUT2D eigenvalue weighted by molar-refractivity contribution is -0.117. The lowest BCUT2D eigenvalue weighted by Crippen LogP contribution is -2.47. The molecule has 8 nitrogen and oxygen atoms in total. The predicted molar refractivity (Wildman–Crippen MR) is 108 cm³/mol. The molecule has 4 heterocycles. The molecule has 0 aromatic carbocycles. The van der Waals surface area contributed by atoms with Crippen molar-refractivity contribution in [3.63, 3.8) is 0 Å². The lowest BCUT2D eigenvalue weighted by atomic mass is 10.2. The number of amides is 1. The number of piperazine rings is 1. The minimum Gasteiger partial charge on any atom is -0.367 e. The highest BCUT2D eigenvalue weighted by molar-refractivity contribution is 5.93. The lowest BCUT2D eigenvalue weighted by Gasteiger charge is -2.36. The van der Waals surface area contributed by atoms with Gasteiger partial charge < -0.3 is 15.1 Å². The molecule has 1 saturated heterocycles. The van der Waals surface area contributed by atoms with Crippen LogP contribution in [0.1, 0.15) is 18.5 Å². The van der Waals surface area contributed by atoms with Gasteiger partial charge in [-0.1, -0.05) is 0 Å². The third-order valence-corrected chi connectivity index (χ3v) is 5.38. The zero-order chi connectivity index (χ0) is 19.1. The normalized spacial score (nSPS) is 17.2. The van der Waals surface area contributed by atoms with Crippen molar-refractivity contribution < 1.29 is 4.79 Å². The first-order valence-corrected chi connectivity index (χ1v) is 9.75. The minimum absolute atomic E-state index is 0.0886. The van der Waals surface area contributed by atoms with Gasteiger partial charge in [0.2, 0.25) is 5.91 Å². The highest BCUT2D eigenvalue weighted by atomic mass is 16.2. The molecule has 2 aliphatic rings. The van der Waals surface area contributed by atoms with Gasteiger partial charge in [0.05, 0.1) is 17.6 Å². The van der Waals surface area contributed by atoms with E-state index < -0.39 is 0 Å². The van der Waals surface area contributed by atoms with Gasteiger partial charge in [-0.25, -0.2) is 14.5 Å². The molecule has 3 aromatic rings. The number of aryl methyl sites for hydroxylation is 1. The summed E-state index contributed by atoms with van der Waals surface area (Å²) in [7, 11) is 0. The zero-order valence-corrected chi connectivity index (χ0v) is 15.9. The molecule has 1 aliphatic carbocycles. The fourth-order valence-corrected chi connectivity index (χ4v) is 3.67. The summed E-state index contributed by atoms with van der Waals surface area (Å²) < 4.78 is 1.89. The van der Waals surface area contributed by atoms with E-state index in [9.17, 15) is 4.79 Å². The Kier molecular flexibility index (Phi) is 4.11. The van der Waals surface area contributed by atoms with Gasteiger partial charge in [-0.3, -0.25) is 4.79 Å². The van der Waals surface area contributed by atoms with Crippen LogP contribution < -0.4 is 15.1 Å². The maximum atomic E-state index is 11.8. The number of aromatic nitrogens is 4. The quantitative estimate of drug-likeness (QED) is 0.750. The molecular formula is C20H23N7O. The Morgan fingerprint density at radius 1 is 1.11 bits per heavy atom. The molecule has 8 heteroatoms. The Morgan fingerprint density at radius 3 is 2.61 bits per heavy atom. The molecule has 1 saturated carbocycles. The molecule has 1 amide bonds. The number of nitrogens with zero attached hydrogens (tertiary/aromatic N) is 6. The van der Waals surface area contributed by atoms with Gasteiger partial charge >= 0.3 is 0 Å². The second-order valence-electron chi connectivity index (χ2n) is 7.51. The van der Waals surface area contributed by atoms with E-state index in [0.29, 0.717) is 5.82 Å². The summed E-state index contributed by atoms with van der Waals surface area (Å²) in [6.07, 6.45) is 7.53. The Hall–Kier alpha value is -3.16. The first kappa shape index (κ1) is 17.0. The van der Waals surface area contributed by atoms with E-state index >= 15 is 0 Å². The summed E-state index contributed by atoms with van der Waals surface area (Å²) in [5.74, 6) is 1.89. The summed E-state index contributed by atoms with van der Waals surface area (Å²) >= 11 is 0. The standard InChI is InChI=1S/C20H23N7O/c1-14-12-17-19(21-6-7-27(17)24-14)26-10-8-25(9-11-26)16-4-5-18(22-13-16)23-20(28)15-2-3-15/h4-7,12-13,15H,2-3,8-11H2,1H3,(H,22,23,28). The number of anilines is 3. The predicted octanol–water partition coefficient (Wildman–Crippen LogP) is 2.11. The Labute approximate surface area is 163 Å². The van der Waals surface area contributed by atoms with Crippen LogP contribution >= 0.6 is 0 Å². The number of hydrogen-bond donors (Lipinski definition) is 1. The summed E-state index contributed by atoms with van der Waals surface area (Å²) in [5, 5.41) is 7.36. The topological polar surface area (TPSA) is 78.7 Å². The number of carbonyl (C=O) groups excluding carboxylic acids is 1. The maximum Gasteiger partial charge on any atom is 0.228 e. The third kappa shape index (κ3) is 3.26. The van der Waals surface area contributed by atoms with E-state index in [4.69, 9.17) is 0 Å². The van der Waals surface area contributed by atoms with Crippen molar-refractivity contribution in [2.24, 2.45) is 5.92 Å². The highest BCUT2D eigenvalue weighted by Gasteiger charge is 2.29. The van der Waals surface area contributed by atoms with Crippen molar-refractivity contribution in [3.05, 3.63) is 42.5 Å². The minimum atomic E-state index is 0.0886. The van der Waals surface area contributed by atoms with Crippen LogP contribution in [0.15, 0.2) is 36.8 Å². The van der Waals surface area contributed by atoms with E-state index in [0.717, 1.165) is 61.7 Å². The Balaban J connectivity index is 1.24. The monoisotopic (exact) mass is 377 g/mol. The zero-order valence-electron chi connectivity index (χ0n) is 15.9. The molecular weight excluding hydrogens is 354 g/mol. The van der Waals surface area contributed by atoms with Crippen molar-refractivity contribution in [3.8, 4) is 0 Å².